The van der Waals surface area contributed by atoms with Gasteiger partial charge in [0.2, 0.25) is 0 Å². The van der Waals surface area contributed by atoms with Crippen LogP contribution in [-0.2, 0) is 4.79 Å². The van der Waals surface area contributed by atoms with Crippen molar-refractivity contribution >= 4 is 5.97 Å². The van der Waals surface area contributed by atoms with Crippen molar-refractivity contribution < 1.29 is 9.90 Å². The summed E-state index contributed by atoms with van der Waals surface area (Å²) in [4.78, 5) is 13.7. The van der Waals surface area contributed by atoms with Gasteiger partial charge in [0.1, 0.15) is 6.04 Å². The predicted octanol–water partition coefficient (Wildman–Crippen LogP) is 1.70. The van der Waals surface area contributed by atoms with Crippen LogP contribution in [0, 0.1) is 5.92 Å². The van der Waals surface area contributed by atoms with E-state index in [9.17, 15) is 9.90 Å². The first-order chi connectivity index (χ1) is 8.70. The standard InChI is InChI=1S/C14H26N2O2/c1-2-4-13(14(17)18)16(9-11-6-7-11)10-12-5-3-8-15-12/h11-13,15H,2-10H2,1H3,(H,17,18). The van der Waals surface area contributed by atoms with Crippen molar-refractivity contribution in [3.8, 4) is 0 Å². The Balaban J connectivity index is 1.93. The van der Waals surface area contributed by atoms with Crippen LogP contribution in [0.5, 0.6) is 0 Å². The zero-order chi connectivity index (χ0) is 13.0. The van der Waals surface area contributed by atoms with Gasteiger partial charge < -0.3 is 10.4 Å². The Morgan fingerprint density at radius 3 is 2.67 bits per heavy atom. The van der Waals surface area contributed by atoms with Gasteiger partial charge in [0, 0.05) is 19.1 Å². The molecular formula is C14H26N2O2. The molecule has 1 saturated carbocycles. The van der Waals surface area contributed by atoms with E-state index in [-0.39, 0.29) is 6.04 Å². The summed E-state index contributed by atoms with van der Waals surface area (Å²) in [6, 6.07) is 0.223. The van der Waals surface area contributed by atoms with Gasteiger partial charge >= 0.3 is 5.97 Å². The Morgan fingerprint density at radius 2 is 2.17 bits per heavy atom. The monoisotopic (exact) mass is 254 g/mol. The highest BCUT2D eigenvalue weighted by molar-refractivity contribution is 5.73. The molecule has 0 bridgehead atoms. The number of aliphatic carboxylic acids is 1. The molecule has 18 heavy (non-hydrogen) atoms. The zero-order valence-corrected chi connectivity index (χ0v) is 11.4. The van der Waals surface area contributed by atoms with Crippen LogP contribution in [0.4, 0.5) is 0 Å². The maximum absolute atomic E-state index is 11.4. The van der Waals surface area contributed by atoms with Crippen LogP contribution in [0.25, 0.3) is 0 Å². The molecule has 0 spiro atoms. The summed E-state index contributed by atoms with van der Waals surface area (Å²) >= 11 is 0. The van der Waals surface area contributed by atoms with E-state index in [2.05, 4.69) is 17.1 Å². The van der Waals surface area contributed by atoms with Crippen LogP contribution in [0.15, 0.2) is 0 Å². The van der Waals surface area contributed by atoms with Gasteiger partial charge in [0.15, 0.2) is 0 Å². The lowest BCUT2D eigenvalue weighted by atomic mass is 10.1. The molecule has 0 aromatic carbocycles. The van der Waals surface area contributed by atoms with Crippen molar-refractivity contribution in [1.29, 1.82) is 0 Å². The molecule has 0 aromatic heterocycles. The van der Waals surface area contributed by atoms with Crippen LogP contribution in [0.3, 0.4) is 0 Å². The summed E-state index contributed by atoms with van der Waals surface area (Å²) in [7, 11) is 0. The lowest BCUT2D eigenvalue weighted by Crippen LogP contribution is -2.47. The highest BCUT2D eigenvalue weighted by Gasteiger charge is 2.32. The largest absolute Gasteiger partial charge is 0.480 e. The Morgan fingerprint density at radius 1 is 1.39 bits per heavy atom. The van der Waals surface area contributed by atoms with E-state index in [1.54, 1.807) is 0 Å². The normalized spacial score (nSPS) is 25.6. The van der Waals surface area contributed by atoms with E-state index in [1.807, 2.05) is 0 Å². The van der Waals surface area contributed by atoms with Crippen molar-refractivity contribution in [2.75, 3.05) is 19.6 Å². The minimum atomic E-state index is -0.643. The summed E-state index contributed by atoms with van der Waals surface area (Å²) in [5.41, 5.74) is 0. The van der Waals surface area contributed by atoms with Crippen molar-refractivity contribution in [3.05, 3.63) is 0 Å². The van der Waals surface area contributed by atoms with Gasteiger partial charge in [-0.1, -0.05) is 13.3 Å². The van der Waals surface area contributed by atoms with Crippen LogP contribution >= 0.6 is 0 Å². The third kappa shape index (κ3) is 3.95. The second-order valence-electron chi connectivity index (χ2n) is 5.83. The van der Waals surface area contributed by atoms with E-state index >= 15 is 0 Å². The number of carbonyl (C=O) groups is 1. The average Bonchev–Trinajstić information content (AvgIpc) is 2.99. The molecule has 104 valence electrons. The van der Waals surface area contributed by atoms with Gasteiger partial charge in [-0.25, -0.2) is 0 Å². The number of nitrogens with one attached hydrogen (secondary N) is 1. The van der Waals surface area contributed by atoms with Gasteiger partial charge in [-0.15, -0.1) is 0 Å². The molecule has 2 aliphatic rings. The second kappa shape index (κ2) is 6.53. The van der Waals surface area contributed by atoms with Crippen LogP contribution in [0.1, 0.15) is 45.4 Å². The first-order valence-electron chi connectivity index (χ1n) is 7.41. The van der Waals surface area contributed by atoms with Crippen molar-refractivity contribution in [1.82, 2.24) is 10.2 Å². The Labute approximate surface area is 110 Å². The van der Waals surface area contributed by atoms with Crippen molar-refractivity contribution in [2.45, 2.75) is 57.5 Å². The topological polar surface area (TPSA) is 52.6 Å². The highest BCUT2D eigenvalue weighted by Crippen LogP contribution is 2.31. The molecule has 1 aliphatic heterocycles. The number of nitrogens with zero attached hydrogens (tertiary/aromatic N) is 1. The Kier molecular flexibility index (Phi) is 5.01. The number of hydrogen-bond acceptors (Lipinski definition) is 3. The van der Waals surface area contributed by atoms with Crippen LogP contribution in [-0.4, -0.2) is 47.7 Å². The molecule has 0 radical (unpaired) electrons. The first-order valence-corrected chi connectivity index (χ1v) is 7.41. The van der Waals surface area contributed by atoms with Gasteiger partial charge in [-0.3, -0.25) is 9.69 Å². The fourth-order valence-electron chi connectivity index (χ4n) is 2.89. The van der Waals surface area contributed by atoms with Gasteiger partial charge in [-0.2, -0.15) is 0 Å². The fraction of sp³-hybridized carbons (Fsp3) is 0.929. The van der Waals surface area contributed by atoms with Crippen LogP contribution in [0.2, 0.25) is 0 Å². The zero-order valence-electron chi connectivity index (χ0n) is 11.4. The lowest BCUT2D eigenvalue weighted by Gasteiger charge is -2.31. The first kappa shape index (κ1) is 13.8. The molecule has 1 heterocycles. The molecule has 2 fully saturated rings. The van der Waals surface area contributed by atoms with Gasteiger partial charge in [0.25, 0.3) is 0 Å². The summed E-state index contributed by atoms with van der Waals surface area (Å²) < 4.78 is 0. The van der Waals surface area contributed by atoms with Gasteiger partial charge in [0.05, 0.1) is 0 Å². The summed E-state index contributed by atoms with van der Waals surface area (Å²) in [6.45, 7) is 5.05. The lowest BCUT2D eigenvalue weighted by molar-refractivity contribution is -0.143. The SMILES string of the molecule is CCCC(C(=O)O)N(CC1CC1)CC1CCCN1. The second-order valence-corrected chi connectivity index (χ2v) is 5.83. The minimum absolute atomic E-state index is 0.280. The molecule has 2 N–H and O–H groups in total. The molecule has 2 unspecified atom stereocenters. The highest BCUT2D eigenvalue weighted by atomic mass is 16.4. The quantitative estimate of drug-likeness (QED) is 0.692. The maximum Gasteiger partial charge on any atom is 0.320 e. The van der Waals surface area contributed by atoms with Gasteiger partial charge in [-0.05, 0) is 44.6 Å². The summed E-state index contributed by atoms with van der Waals surface area (Å²) in [6.07, 6.45) is 6.71. The molecule has 1 aliphatic carbocycles. The van der Waals surface area contributed by atoms with Crippen molar-refractivity contribution in [2.24, 2.45) is 5.92 Å². The summed E-state index contributed by atoms with van der Waals surface area (Å²) in [5, 5.41) is 12.9. The molecule has 0 amide bonds. The number of rotatable bonds is 8. The molecule has 2 rings (SSSR count). The third-order valence-electron chi connectivity index (χ3n) is 4.09. The fourth-order valence-corrected chi connectivity index (χ4v) is 2.89. The number of carboxylic acids is 1. The molecule has 2 atom stereocenters. The van der Waals surface area contributed by atoms with E-state index in [4.69, 9.17) is 0 Å². The molecule has 4 heteroatoms. The summed E-state index contributed by atoms with van der Waals surface area (Å²) in [5.74, 6) is 0.112. The van der Waals surface area contributed by atoms with E-state index in [0.29, 0.717) is 6.04 Å². The molecule has 4 nitrogen and oxygen atoms in total. The van der Waals surface area contributed by atoms with E-state index in [0.717, 1.165) is 38.4 Å². The average molecular weight is 254 g/mol. The third-order valence-corrected chi connectivity index (χ3v) is 4.09. The van der Waals surface area contributed by atoms with Crippen LogP contribution < -0.4 is 5.32 Å². The Bertz CT molecular complexity index is 273. The van der Waals surface area contributed by atoms with E-state index < -0.39 is 5.97 Å². The molecular weight excluding hydrogens is 228 g/mol. The smallest absolute Gasteiger partial charge is 0.320 e. The maximum atomic E-state index is 11.4. The predicted molar refractivity (Wildman–Crippen MR) is 71.7 cm³/mol. The minimum Gasteiger partial charge on any atom is -0.480 e. The molecule has 1 saturated heterocycles. The Hall–Kier alpha value is -0.610. The van der Waals surface area contributed by atoms with E-state index in [1.165, 1.54) is 25.7 Å². The molecule has 0 aromatic rings. The number of carboxylic acid groups (broad SMARTS) is 1. The van der Waals surface area contributed by atoms with Crippen molar-refractivity contribution in [3.63, 3.8) is 0 Å². The number of hydrogen-bond donors (Lipinski definition) is 2.